The third-order valence-electron chi connectivity index (χ3n) is 4.28. The van der Waals surface area contributed by atoms with Gasteiger partial charge >= 0.3 is 0 Å². The first kappa shape index (κ1) is 21.4. The molecule has 0 saturated heterocycles. The highest BCUT2D eigenvalue weighted by atomic mass is 35.5. The molecule has 0 aliphatic carbocycles. The highest BCUT2D eigenvalue weighted by molar-refractivity contribution is 8.09. The van der Waals surface area contributed by atoms with Crippen LogP contribution in [0.2, 0.25) is 5.02 Å². The smallest absolute Gasteiger partial charge is 0.209 e. The van der Waals surface area contributed by atoms with Crippen LogP contribution in [0.4, 0.5) is 10.2 Å². The van der Waals surface area contributed by atoms with Crippen LogP contribution in [0, 0.1) is 5.82 Å². The lowest BCUT2D eigenvalue weighted by atomic mass is 10.1. The lowest BCUT2D eigenvalue weighted by molar-refractivity contribution is -0.110. The summed E-state index contributed by atoms with van der Waals surface area (Å²) >= 11 is 7.80. The van der Waals surface area contributed by atoms with Gasteiger partial charge in [-0.3, -0.25) is 4.79 Å². The number of anilines is 1. The second-order valence-corrected chi connectivity index (χ2v) is 8.37. The van der Waals surface area contributed by atoms with Crippen LogP contribution in [0.1, 0.15) is 30.5 Å². The van der Waals surface area contributed by atoms with E-state index in [1.807, 2.05) is 31.0 Å². The van der Waals surface area contributed by atoms with Crippen LogP contribution in [0.5, 0.6) is 0 Å². The van der Waals surface area contributed by atoms with Crippen LogP contribution in [0.25, 0.3) is 4.91 Å². The van der Waals surface area contributed by atoms with Gasteiger partial charge in [0, 0.05) is 35.5 Å². The van der Waals surface area contributed by atoms with Gasteiger partial charge in [-0.1, -0.05) is 29.4 Å². The number of pyridine rings is 1. The number of hydrogen-bond acceptors (Lipinski definition) is 6. The first-order valence-corrected chi connectivity index (χ1v) is 10.3. The average Bonchev–Trinajstić information content (AvgIpc) is 3.06. The Labute approximate surface area is 178 Å². The molecule has 0 bridgehead atoms. The molecule has 1 aliphatic rings. The van der Waals surface area contributed by atoms with E-state index < -0.39 is 0 Å². The van der Waals surface area contributed by atoms with Gasteiger partial charge < -0.3 is 20.6 Å². The number of amides is 1. The van der Waals surface area contributed by atoms with Gasteiger partial charge in [0.25, 0.3) is 0 Å². The fraction of sp³-hybridized carbons (Fsp3) is 0.300. The third kappa shape index (κ3) is 5.20. The van der Waals surface area contributed by atoms with Crippen molar-refractivity contribution < 1.29 is 14.3 Å². The van der Waals surface area contributed by atoms with Gasteiger partial charge in [-0.05, 0) is 43.2 Å². The third-order valence-corrected chi connectivity index (χ3v) is 5.79. The van der Waals surface area contributed by atoms with Crippen molar-refractivity contribution in [2.24, 2.45) is 0 Å². The van der Waals surface area contributed by atoms with E-state index in [1.165, 1.54) is 23.9 Å². The Balaban J connectivity index is 1.92. The lowest BCUT2D eigenvalue weighted by Crippen LogP contribution is -2.36. The van der Waals surface area contributed by atoms with Gasteiger partial charge in [0.05, 0.1) is 11.6 Å². The minimum atomic E-state index is -0.386. The Morgan fingerprint density at radius 3 is 2.86 bits per heavy atom. The number of nitrogens with zero attached hydrogens (tertiary/aromatic N) is 2. The second kappa shape index (κ2) is 9.47. The number of benzene rings is 1. The maximum absolute atomic E-state index is 13.7. The van der Waals surface area contributed by atoms with Gasteiger partial charge in [-0.15, -0.1) is 0 Å². The zero-order valence-corrected chi connectivity index (χ0v) is 17.6. The first-order chi connectivity index (χ1) is 13.9. The number of nitrogens with one attached hydrogen (secondary N) is 2. The number of carbonyl (C=O) groups is 1. The molecule has 1 atom stereocenters. The summed E-state index contributed by atoms with van der Waals surface area (Å²) in [7, 11) is 0. The van der Waals surface area contributed by atoms with E-state index in [0.29, 0.717) is 34.9 Å². The Morgan fingerprint density at radius 1 is 1.38 bits per heavy atom. The standard InChI is InChI=1S/C20H22ClFN4O2S/c1-12(2)25-19-6-16(17(21)7-23-19)18-9-26(20(29-18)24-11-28)8-14-5-15(22)4-3-13(14)10-27/h3-7,9,11-12,20,27H,8,10H2,1-2H3,(H,23,25)(H,24,28). The number of aliphatic hydroxyl groups excluding tert-OH is 1. The van der Waals surface area contributed by atoms with Crippen LogP contribution in [-0.2, 0) is 17.9 Å². The summed E-state index contributed by atoms with van der Waals surface area (Å²) in [5.41, 5.74) is 1.68. The molecule has 0 spiro atoms. The second-order valence-electron chi connectivity index (χ2n) is 6.84. The van der Waals surface area contributed by atoms with Crippen molar-refractivity contribution in [3.05, 3.63) is 64.2 Å². The van der Waals surface area contributed by atoms with Gasteiger partial charge in [0.2, 0.25) is 6.41 Å². The number of aliphatic hydroxyl groups is 1. The largest absolute Gasteiger partial charge is 0.392 e. The summed E-state index contributed by atoms with van der Waals surface area (Å²) in [6.07, 6.45) is 4.09. The summed E-state index contributed by atoms with van der Waals surface area (Å²) in [5.74, 6) is 0.321. The minimum Gasteiger partial charge on any atom is -0.392 e. The number of carbonyl (C=O) groups excluding carboxylic acids is 1. The first-order valence-electron chi connectivity index (χ1n) is 9.05. The summed E-state index contributed by atoms with van der Waals surface area (Å²) < 4.78 is 13.7. The normalized spacial score (nSPS) is 16.1. The molecule has 0 fully saturated rings. The van der Waals surface area contributed by atoms with Crippen LogP contribution in [0.3, 0.4) is 0 Å². The van der Waals surface area contributed by atoms with E-state index >= 15 is 0 Å². The number of rotatable bonds is 8. The predicted molar refractivity (Wildman–Crippen MR) is 114 cm³/mol. The fourth-order valence-electron chi connectivity index (χ4n) is 2.98. The molecule has 1 unspecified atom stereocenters. The van der Waals surface area contributed by atoms with Crippen LogP contribution in [0.15, 0.2) is 36.7 Å². The van der Waals surface area contributed by atoms with Crippen molar-refractivity contribution in [1.29, 1.82) is 0 Å². The number of halogens is 2. The zero-order valence-electron chi connectivity index (χ0n) is 16.0. The van der Waals surface area contributed by atoms with Crippen molar-refractivity contribution in [3.63, 3.8) is 0 Å². The molecule has 154 valence electrons. The molecule has 2 aromatic rings. The molecule has 6 nitrogen and oxygen atoms in total. The van der Waals surface area contributed by atoms with Gasteiger partial charge in [-0.25, -0.2) is 9.37 Å². The average molecular weight is 437 g/mol. The Kier molecular flexibility index (Phi) is 7.00. The quantitative estimate of drug-likeness (QED) is 0.547. The van der Waals surface area contributed by atoms with E-state index in [4.69, 9.17) is 11.6 Å². The Hall–Kier alpha value is -2.29. The van der Waals surface area contributed by atoms with Crippen LogP contribution < -0.4 is 10.6 Å². The molecule has 1 aromatic heterocycles. The predicted octanol–water partition coefficient (Wildman–Crippen LogP) is 3.76. The molecule has 1 amide bonds. The maximum Gasteiger partial charge on any atom is 0.209 e. The summed E-state index contributed by atoms with van der Waals surface area (Å²) in [6.45, 7) is 4.15. The van der Waals surface area contributed by atoms with Gasteiger partial charge in [0.1, 0.15) is 11.6 Å². The zero-order chi connectivity index (χ0) is 21.0. The molecular formula is C20H22ClFN4O2S. The molecule has 3 N–H and O–H groups in total. The molecule has 3 rings (SSSR count). The molecule has 0 radical (unpaired) electrons. The van der Waals surface area contributed by atoms with Crippen molar-refractivity contribution in [2.75, 3.05) is 5.32 Å². The molecule has 1 aromatic carbocycles. The van der Waals surface area contributed by atoms with E-state index in [2.05, 4.69) is 15.6 Å². The van der Waals surface area contributed by atoms with Crippen molar-refractivity contribution >= 4 is 40.5 Å². The topological polar surface area (TPSA) is 77.5 Å². The van der Waals surface area contributed by atoms with E-state index in [9.17, 15) is 14.3 Å². The van der Waals surface area contributed by atoms with Crippen LogP contribution >= 0.6 is 23.4 Å². The molecule has 1 aliphatic heterocycles. The van der Waals surface area contributed by atoms with Crippen molar-refractivity contribution in [2.45, 2.75) is 38.5 Å². The molecule has 9 heteroatoms. The number of aromatic nitrogens is 1. The van der Waals surface area contributed by atoms with E-state index in [0.717, 1.165) is 10.5 Å². The number of hydrogen-bond donors (Lipinski definition) is 3. The Morgan fingerprint density at radius 2 is 2.17 bits per heavy atom. The summed E-state index contributed by atoms with van der Waals surface area (Å²) in [5, 5.41) is 16.1. The SMILES string of the molecule is CC(C)Nc1cc(C2=CN(Cc3cc(F)ccc3CO)C(NC=O)S2)c(Cl)cn1. The highest BCUT2D eigenvalue weighted by Gasteiger charge is 2.28. The minimum absolute atomic E-state index is 0.195. The van der Waals surface area contributed by atoms with Crippen molar-refractivity contribution in [1.82, 2.24) is 15.2 Å². The van der Waals surface area contributed by atoms with E-state index in [1.54, 1.807) is 12.3 Å². The highest BCUT2D eigenvalue weighted by Crippen LogP contribution is 2.42. The van der Waals surface area contributed by atoms with Crippen molar-refractivity contribution in [3.8, 4) is 0 Å². The lowest BCUT2D eigenvalue weighted by Gasteiger charge is -2.24. The summed E-state index contributed by atoms with van der Waals surface area (Å²) in [4.78, 5) is 18.1. The monoisotopic (exact) mass is 436 g/mol. The van der Waals surface area contributed by atoms with Crippen LogP contribution in [-0.4, -0.2) is 32.9 Å². The molecule has 0 saturated carbocycles. The summed E-state index contributed by atoms with van der Waals surface area (Å²) in [6, 6.07) is 6.35. The van der Waals surface area contributed by atoms with Gasteiger partial charge in [-0.2, -0.15) is 0 Å². The fourth-order valence-corrected chi connectivity index (χ4v) is 4.37. The molecule has 2 heterocycles. The van der Waals surface area contributed by atoms with E-state index in [-0.39, 0.29) is 24.0 Å². The number of thioether (sulfide) groups is 1. The van der Waals surface area contributed by atoms with Gasteiger partial charge in [0.15, 0.2) is 5.50 Å². The molecule has 29 heavy (non-hydrogen) atoms. The maximum atomic E-state index is 13.7. The molecular weight excluding hydrogens is 415 g/mol. The Bertz CT molecular complexity index is 925.